The van der Waals surface area contributed by atoms with Crippen LogP contribution in [0.5, 0.6) is 0 Å². The lowest BCUT2D eigenvalue weighted by molar-refractivity contribution is -0.131. The third kappa shape index (κ3) is 2.79. The first kappa shape index (κ1) is 13.4. The van der Waals surface area contributed by atoms with Crippen LogP contribution >= 0.6 is 0 Å². The molecule has 0 aliphatic carbocycles. The van der Waals surface area contributed by atoms with Crippen molar-refractivity contribution in [1.29, 1.82) is 0 Å². The number of anilines is 1. The van der Waals surface area contributed by atoms with Crippen molar-refractivity contribution in [2.24, 2.45) is 0 Å². The molecule has 1 heterocycles. The van der Waals surface area contributed by atoms with Crippen molar-refractivity contribution in [3.8, 4) is 0 Å². The summed E-state index contributed by atoms with van der Waals surface area (Å²) in [5, 5.41) is 8.58. The van der Waals surface area contributed by atoms with Gasteiger partial charge >= 0.3 is 5.97 Å². The van der Waals surface area contributed by atoms with Gasteiger partial charge in [0.25, 0.3) is 0 Å². The number of hydrogen-bond acceptors (Lipinski definition) is 2. The monoisotopic (exact) mass is 283 g/mol. The van der Waals surface area contributed by atoms with Gasteiger partial charge in [0.2, 0.25) is 0 Å². The highest BCUT2D eigenvalue weighted by Crippen LogP contribution is 2.30. The molecule has 0 saturated heterocycles. The minimum absolute atomic E-state index is 0.338. The summed E-state index contributed by atoms with van der Waals surface area (Å²) in [5.74, 6) is -1.38. The summed E-state index contributed by atoms with van der Waals surface area (Å²) in [4.78, 5) is 12.4. The van der Waals surface area contributed by atoms with Crippen LogP contribution in [-0.4, -0.2) is 11.1 Å². The predicted molar refractivity (Wildman–Crippen MR) is 79.4 cm³/mol. The van der Waals surface area contributed by atoms with Gasteiger partial charge in [-0.3, -0.25) is 0 Å². The van der Waals surface area contributed by atoms with Gasteiger partial charge in [-0.15, -0.1) is 0 Å². The van der Waals surface area contributed by atoms with Gasteiger partial charge in [0.05, 0.1) is 5.69 Å². The molecule has 3 rings (SSSR count). The molecular weight excluding hydrogens is 269 g/mol. The minimum atomic E-state index is -1.05. The van der Waals surface area contributed by atoms with Crippen LogP contribution < -0.4 is 4.90 Å². The molecule has 1 aliphatic heterocycles. The van der Waals surface area contributed by atoms with Crippen molar-refractivity contribution in [1.82, 2.24) is 0 Å². The third-order valence-electron chi connectivity index (χ3n) is 3.57. The maximum atomic E-state index is 14.2. The van der Waals surface area contributed by atoms with Crippen LogP contribution in [0.3, 0.4) is 0 Å². The molecule has 1 N–H and O–H groups in total. The van der Waals surface area contributed by atoms with Crippen molar-refractivity contribution in [3.63, 3.8) is 0 Å². The van der Waals surface area contributed by atoms with E-state index in [-0.39, 0.29) is 5.82 Å². The van der Waals surface area contributed by atoms with Crippen LogP contribution in [-0.2, 0) is 17.9 Å². The van der Waals surface area contributed by atoms with E-state index in [0.29, 0.717) is 24.3 Å². The molecule has 2 aromatic rings. The summed E-state index contributed by atoms with van der Waals surface area (Å²) < 4.78 is 14.2. The zero-order chi connectivity index (χ0) is 14.8. The molecular formula is C17H14FNO2. The first-order chi connectivity index (χ1) is 10.1. The average Bonchev–Trinajstić information content (AvgIpc) is 2.88. The van der Waals surface area contributed by atoms with E-state index in [9.17, 15) is 9.18 Å². The van der Waals surface area contributed by atoms with E-state index in [1.165, 1.54) is 23.3 Å². The Morgan fingerprint density at radius 2 is 1.81 bits per heavy atom. The van der Waals surface area contributed by atoms with Crippen LogP contribution in [0.15, 0.2) is 48.5 Å². The van der Waals surface area contributed by atoms with Gasteiger partial charge in [0.1, 0.15) is 5.82 Å². The molecule has 2 aromatic carbocycles. The SMILES string of the molecule is O=C(O)C=Cc1ccc(N2Cc3ccccc3C2)c(F)c1. The second-order valence-electron chi connectivity index (χ2n) is 5.01. The van der Waals surface area contributed by atoms with Crippen molar-refractivity contribution < 1.29 is 14.3 Å². The van der Waals surface area contributed by atoms with Crippen LogP contribution in [0, 0.1) is 5.82 Å². The fourth-order valence-corrected chi connectivity index (χ4v) is 2.55. The first-order valence-electron chi connectivity index (χ1n) is 6.66. The topological polar surface area (TPSA) is 40.5 Å². The summed E-state index contributed by atoms with van der Waals surface area (Å²) in [6.45, 7) is 1.38. The van der Waals surface area contributed by atoms with Gasteiger partial charge in [0.15, 0.2) is 0 Å². The fourth-order valence-electron chi connectivity index (χ4n) is 2.55. The Morgan fingerprint density at radius 1 is 1.14 bits per heavy atom. The third-order valence-corrected chi connectivity index (χ3v) is 3.57. The number of rotatable bonds is 3. The van der Waals surface area contributed by atoms with E-state index in [2.05, 4.69) is 12.1 Å². The van der Waals surface area contributed by atoms with Gasteiger partial charge in [-0.1, -0.05) is 30.3 Å². The second kappa shape index (κ2) is 5.40. The summed E-state index contributed by atoms with van der Waals surface area (Å²) >= 11 is 0. The van der Waals surface area contributed by atoms with Crippen LogP contribution in [0.1, 0.15) is 16.7 Å². The Balaban J connectivity index is 1.83. The number of hydrogen-bond donors (Lipinski definition) is 1. The molecule has 0 atom stereocenters. The summed E-state index contributed by atoms with van der Waals surface area (Å²) in [6.07, 6.45) is 2.38. The summed E-state index contributed by atoms with van der Waals surface area (Å²) in [5.41, 5.74) is 3.51. The molecule has 0 bridgehead atoms. The zero-order valence-electron chi connectivity index (χ0n) is 11.3. The molecule has 21 heavy (non-hydrogen) atoms. The van der Waals surface area contributed by atoms with E-state index in [4.69, 9.17) is 5.11 Å². The maximum absolute atomic E-state index is 14.2. The van der Waals surface area contributed by atoms with Crippen molar-refractivity contribution in [2.75, 3.05) is 4.90 Å². The number of halogens is 1. The van der Waals surface area contributed by atoms with Gasteiger partial charge < -0.3 is 10.0 Å². The van der Waals surface area contributed by atoms with E-state index >= 15 is 0 Å². The van der Waals surface area contributed by atoms with E-state index in [0.717, 1.165) is 6.08 Å². The number of aliphatic carboxylic acids is 1. The van der Waals surface area contributed by atoms with Crippen molar-refractivity contribution >= 4 is 17.7 Å². The molecule has 0 saturated carbocycles. The van der Waals surface area contributed by atoms with Crippen LogP contribution in [0.2, 0.25) is 0 Å². The smallest absolute Gasteiger partial charge is 0.328 e. The van der Waals surface area contributed by atoms with Crippen LogP contribution in [0.4, 0.5) is 10.1 Å². The number of fused-ring (bicyclic) bond motifs is 1. The van der Waals surface area contributed by atoms with E-state index in [1.54, 1.807) is 12.1 Å². The van der Waals surface area contributed by atoms with Gasteiger partial charge in [0, 0.05) is 19.2 Å². The van der Waals surface area contributed by atoms with E-state index in [1.807, 2.05) is 17.0 Å². The molecule has 4 heteroatoms. The molecule has 0 radical (unpaired) electrons. The minimum Gasteiger partial charge on any atom is -0.478 e. The number of carboxylic acids is 1. The number of nitrogens with zero attached hydrogens (tertiary/aromatic N) is 1. The number of carboxylic acid groups (broad SMARTS) is 1. The Kier molecular flexibility index (Phi) is 3.44. The first-order valence-corrected chi connectivity index (χ1v) is 6.66. The number of carbonyl (C=O) groups is 1. The molecule has 0 unspecified atom stereocenters. The largest absolute Gasteiger partial charge is 0.478 e. The van der Waals surface area contributed by atoms with Crippen molar-refractivity contribution in [3.05, 3.63) is 71.0 Å². The molecule has 0 spiro atoms. The van der Waals surface area contributed by atoms with Gasteiger partial charge in [-0.2, -0.15) is 0 Å². The quantitative estimate of drug-likeness (QED) is 0.877. The molecule has 1 aliphatic rings. The fraction of sp³-hybridized carbons (Fsp3) is 0.118. The lowest BCUT2D eigenvalue weighted by Crippen LogP contribution is -2.15. The average molecular weight is 283 g/mol. The normalized spacial score (nSPS) is 13.7. The van der Waals surface area contributed by atoms with E-state index < -0.39 is 5.97 Å². The van der Waals surface area contributed by atoms with Crippen LogP contribution in [0.25, 0.3) is 6.08 Å². The predicted octanol–water partition coefficient (Wildman–Crippen LogP) is 3.44. The Hall–Kier alpha value is -2.62. The molecule has 106 valence electrons. The highest BCUT2D eigenvalue weighted by atomic mass is 19.1. The molecule has 0 aromatic heterocycles. The standard InChI is InChI=1S/C17H14FNO2/c18-15-9-12(6-8-17(20)21)5-7-16(15)19-10-13-3-1-2-4-14(13)11-19/h1-9H,10-11H2,(H,20,21). The lowest BCUT2D eigenvalue weighted by Gasteiger charge is -2.18. The second-order valence-corrected chi connectivity index (χ2v) is 5.01. The highest BCUT2D eigenvalue weighted by Gasteiger charge is 2.20. The molecule has 0 fully saturated rings. The summed E-state index contributed by atoms with van der Waals surface area (Å²) in [6, 6.07) is 12.9. The van der Waals surface area contributed by atoms with Gasteiger partial charge in [-0.25, -0.2) is 9.18 Å². The van der Waals surface area contributed by atoms with Gasteiger partial charge in [-0.05, 0) is 34.9 Å². The molecule has 0 amide bonds. The Morgan fingerprint density at radius 3 is 2.38 bits per heavy atom. The highest BCUT2D eigenvalue weighted by molar-refractivity contribution is 5.85. The Bertz CT molecular complexity index is 699. The summed E-state index contributed by atoms with van der Waals surface area (Å²) in [7, 11) is 0. The lowest BCUT2D eigenvalue weighted by atomic mass is 10.1. The zero-order valence-corrected chi connectivity index (χ0v) is 11.3. The Labute approximate surface area is 121 Å². The number of benzene rings is 2. The maximum Gasteiger partial charge on any atom is 0.328 e. The van der Waals surface area contributed by atoms with Crippen molar-refractivity contribution in [2.45, 2.75) is 13.1 Å². The molecule has 3 nitrogen and oxygen atoms in total.